The van der Waals surface area contributed by atoms with Gasteiger partial charge >= 0.3 is 0 Å². The first-order valence-electron chi connectivity index (χ1n) is 12.8. The third-order valence-electron chi connectivity index (χ3n) is 8.38. The van der Waals surface area contributed by atoms with Gasteiger partial charge in [-0.05, 0) is 37.3 Å². The molecule has 1 spiro atoms. The van der Waals surface area contributed by atoms with Crippen LogP contribution in [0.1, 0.15) is 47.2 Å². The quantitative estimate of drug-likeness (QED) is 0.473. The summed E-state index contributed by atoms with van der Waals surface area (Å²) in [5.41, 5.74) is 6.02. The predicted molar refractivity (Wildman–Crippen MR) is 137 cm³/mol. The Hall–Kier alpha value is -3.36. The highest BCUT2D eigenvalue weighted by molar-refractivity contribution is 6.34. The zero-order chi connectivity index (χ0) is 26.2. The van der Waals surface area contributed by atoms with Crippen molar-refractivity contribution >= 4 is 17.5 Å². The third kappa shape index (κ3) is 3.43. The van der Waals surface area contributed by atoms with Crippen LogP contribution in [0.4, 0.5) is 8.78 Å². The molecule has 1 saturated carbocycles. The van der Waals surface area contributed by atoms with E-state index in [0.717, 1.165) is 31.2 Å². The molecule has 2 fully saturated rings. The van der Waals surface area contributed by atoms with Gasteiger partial charge in [0.15, 0.2) is 22.9 Å². The average molecular weight is 539 g/mol. The zero-order valence-corrected chi connectivity index (χ0v) is 21.2. The number of carbonyl (C=O) groups excluding carboxylic acids is 1. The number of nitrogens with one attached hydrogen (secondary N) is 1. The number of benzene rings is 3. The molecule has 3 heterocycles. The van der Waals surface area contributed by atoms with Crippen LogP contribution in [0.2, 0.25) is 5.02 Å². The van der Waals surface area contributed by atoms with Gasteiger partial charge in [-0.15, -0.1) is 0 Å². The number of rotatable bonds is 4. The Bertz CT molecular complexity index is 1490. The normalized spacial score (nSPS) is 24.2. The summed E-state index contributed by atoms with van der Waals surface area (Å²) in [5, 5.41) is 3.48. The second kappa shape index (κ2) is 8.32. The Morgan fingerprint density at radius 2 is 1.79 bits per heavy atom. The van der Waals surface area contributed by atoms with Gasteiger partial charge in [0.2, 0.25) is 5.91 Å². The Kier molecular flexibility index (Phi) is 5.20. The molecular formula is C29H25ClF2N2O4. The first-order chi connectivity index (χ1) is 18.3. The Balaban J connectivity index is 1.44. The molecule has 4 aliphatic rings. The summed E-state index contributed by atoms with van der Waals surface area (Å²) in [6.07, 6.45) is 4.41. The van der Waals surface area contributed by atoms with Gasteiger partial charge in [-0.2, -0.15) is 0 Å². The molecule has 1 aliphatic carbocycles. The van der Waals surface area contributed by atoms with Crippen LogP contribution < -0.4 is 25.3 Å². The molecule has 7 rings (SSSR count). The Morgan fingerprint density at radius 1 is 1.03 bits per heavy atom. The number of hydrogen-bond donors (Lipinski definition) is 2. The van der Waals surface area contributed by atoms with Crippen molar-refractivity contribution in [2.45, 2.75) is 49.3 Å². The molecule has 0 bridgehead atoms. The smallest absolute Gasteiger partial charge is 0.249 e. The van der Waals surface area contributed by atoms with E-state index in [2.05, 4.69) is 5.32 Å². The molecule has 1 saturated heterocycles. The minimum absolute atomic E-state index is 0.0434. The van der Waals surface area contributed by atoms with Crippen LogP contribution in [0.25, 0.3) is 11.1 Å². The number of ether oxygens (including phenoxy) is 3. The van der Waals surface area contributed by atoms with Crippen LogP contribution in [0, 0.1) is 11.6 Å². The van der Waals surface area contributed by atoms with Crippen molar-refractivity contribution in [1.29, 1.82) is 0 Å². The van der Waals surface area contributed by atoms with E-state index in [1.165, 1.54) is 12.1 Å². The van der Waals surface area contributed by atoms with Crippen LogP contribution >= 0.6 is 11.6 Å². The van der Waals surface area contributed by atoms with Crippen LogP contribution in [0.5, 0.6) is 17.2 Å². The van der Waals surface area contributed by atoms with Gasteiger partial charge < -0.3 is 25.3 Å². The minimum Gasteiger partial charge on any atom is -0.486 e. The van der Waals surface area contributed by atoms with Crippen LogP contribution in [-0.4, -0.2) is 30.7 Å². The molecule has 196 valence electrons. The van der Waals surface area contributed by atoms with Gasteiger partial charge in [0.25, 0.3) is 0 Å². The summed E-state index contributed by atoms with van der Waals surface area (Å²) in [7, 11) is 0. The molecular weight excluding hydrogens is 514 g/mol. The van der Waals surface area contributed by atoms with Gasteiger partial charge in [-0.25, -0.2) is 8.78 Å². The molecule has 9 heteroatoms. The largest absolute Gasteiger partial charge is 0.486 e. The van der Waals surface area contributed by atoms with Crippen molar-refractivity contribution in [2.75, 3.05) is 13.2 Å². The molecule has 3 aromatic rings. The molecule has 3 aromatic carbocycles. The van der Waals surface area contributed by atoms with E-state index >= 15 is 8.78 Å². The first-order valence-corrected chi connectivity index (χ1v) is 13.2. The second-order valence-electron chi connectivity index (χ2n) is 10.6. The fraction of sp³-hybridized carbons (Fsp3) is 0.345. The SMILES string of the molecule is NC(=O)c1cc2c(c(F)c1-c1c(Cl)c(F)cc3c1C[C@](c1ccccc1)([C@@H]1CCC4(CC4)N1)O3)OCCO2. The topological polar surface area (TPSA) is 82.8 Å². The summed E-state index contributed by atoms with van der Waals surface area (Å²) < 4.78 is 49.2. The van der Waals surface area contributed by atoms with E-state index in [1.807, 2.05) is 30.3 Å². The first kappa shape index (κ1) is 23.7. The van der Waals surface area contributed by atoms with Crippen molar-refractivity contribution in [3.63, 3.8) is 0 Å². The van der Waals surface area contributed by atoms with Crippen molar-refractivity contribution in [1.82, 2.24) is 5.32 Å². The number of carbonyl (C=O) groups is 1. The van der Waals surface area contributed by atoms with Gasteiger partial charge in [0.05, 0.1) is 16.6 Å². The molecule has 2 atom stereocenters. The van der Waals surface area contributed by atoms with E-state index in [-0.39, 0.29) is 63.8 Å². The fourth-order valence-corrected chi connectivity index (χ4v) is 6.62. The van der Waals surface area contributed by atoms with Crippen LogP contribution in [-0.2, 0) is 12.0 Å². The molecule has 0 unspecified atom stereocenters. The summed E-state index contributed by atoms with van der Waals surface area (Å²) in [6.45, 7) is 0.326. The monoisotopic (exact) mass is 538 g/mol. The van der Waals surface area contributed by atoms with Crippen molar-refractivity contribution in [3.8, 4) is 28.4 Å². The average Bonchev–Trinajstić information content (AvgIpc) is 3.37. The van der Waals surface area contributed by atoms with E-state index in [1.54, 1.807) is 0 Å². The molecule has 0 radical (unpaired) electrons. The van der Waals surface area contributed by atoms with Gasteiger partial charge in [0, 0.05) is 34.7 Å². The highest BCUT2D eigenvalue weighted by Crippen LogP contribution is 2.56. The molecule has 6 nitrogen and oxygen atoms in total. The third-order valence-corrected chi connectivity index (χ3v) is 8.75. The molecule has 1 amide bonds. The lowest BCUT2D eigenvalue weighted by Gasteiger charge is -2.36. The van der Waals surface area contributed by atoms with Gasteiger partial charge in [-0.3, -0.25) is 4.79 Å². The molecule has 0 aromatic heterocycles. The number of nitrogens with two attached hydrogens (primary N) is 1. The molecule has 3 aliphatic heterocycles. The standard InChI is InChI=1S/C29H25ClF2N2O4/c30-24-18(31)13-19-17(22(24)23-16(27(33)35)12-20-26(25(23)32)37-11-10-36-20)14-29(38-19,15-4-2-1-3-5-15)21-6-7-28(34-21)8-9-28/h1-5,12-13,21,34H,6-11,14H2,(H2,33,35)/t21-,29-/m0/s1. The molecule has 38 heavy (non-hydrogen) atoms. The summed E-state index contributed by atoms with van der Waals surface area (Å²) in [6, 6.07) is 12.3. The summed E-state index contributed by atoms with van der Waals surface area (Å²) >= 11 is 6.56. The van der Waals surface area contributed by atoms with E-state index in [0.29, 0.717) is 12.0 Å². The van der Waals surface area contributed by atoms with E-state index in [9.17, 15) is 4.79 Å². The highest BCUT2D eigenvalue weighted by atomic mass is 35.5. The highest BCUT2D eigenvalue weighted by Gasteiger charge is 2.57. The minimum atomic E-state index is -0.897. The number of hydrogen-bond acceptors (Lipinski definition) is 5. The molecule has 3 N–H and O–H groups in total. The van der Waals surface area contributed by atoms with E-state index < -0.39 is 23.1 Å². The summed E-state index contributed by atoms with van der Waals surface area (Å²) in [5.74, 6) is -2.40. The number of fused-ring (bicyclic) bond motifs is 2. The lowest BCUT2D eigenvalue weighted by atomic mass is 9.80. The van der Waals surface area contributed by atoms with Crippen molar-refractivity contribution < 1.29 is 27.8 Å². The predicted octanol–water partition coefficient (Wildman–Crippen LogP) is 5.27. The Morgan fingerprint density at radius 3 is 2.50 bits per heavy atom. The number of halogens is 3. The van der Waals surface area contributed by atoms with Gasteiger partial charge in [-0.1, -0.05) is 41.9 Å². The van der Waals surface area contributed by atoms with Crippen LogP contribution in [0.15, 0.2) is 42.5 Å². The maximum atomic E-state index is 16.1. The lowest BCUT2D eigenvalue weighted by molar-refractivity contribution is 0.0514. The summed E-state index contributed by atoms with van der Waals surface area (Å²) in [4.78, 5) is 12.5. The van der Waals surface area contributed by atoms with Crippen LogP contribution in [0.3, 0.4) is 0 Å². The maximum Gasteiger partial charge on any atom is 0.249 e. The fourth-order valence-electron chi connectivity index (χ4n) is 6.35. The maximum absolute atomic E-state index is 16.1. The lowest BCUT2D eigenvalue weighted by Crippen LogP contribution is -2.50. The Labute approximate surface area is 223 Å². The van der Waals surface area contributed by atoms with Crippen molar-refractivity contribution in [3.05, 3.63) is 75.8 Å². The van der Waals surface area contributed by atoms with E-state index in [4.69, 9.17) is 31.5 Å². The zero-order valence-electron chi connectivity index (χ0n) is 20.4. The second-order valence-corrected chi connectivity index (χ2v) is 11.0. The number of amides is 1. The van der Waals surface area contributed by atoms with Gasteiger partial charge in [0.1, 0.15) is 24.8 Å². The number of primary amides is 1. The van der Waals surface area contributed by atoms with Crippen molar-refractivity contribution in [2.24, 2.45) is 5.73 Å².